The molecule has 0 saturated carbocycles. The molecule has 0 aromatic heterocycles. The summed E-state index contributed by atoms with van der Waals surface area (Å²) in [5.74, 6) is -0.916. The first kappa shape index (κ1) is 72.5. The minimum absolute atomic E-state index is 0.0871. The van der Waals surface area contributed by atoms with Crippen LogP contribution in [0.2, 0.25) is 0 Å². The summed E-state index contributed by atoms with van der Waals surface area (Å²) < 4.78 is 16.8. The highest BCUT2D eigenvalue weighted by Gasteiger charge is 2.19. The van der Waals surface area contributed by atoms with Crippen LogP contribution in [0.4, 0.5) is 0 Å². The summed E-state index contributed by atoms with van der Waals surface area (Å²) in [6.07, 6.45) is 90.7. The van der Waals surface area contributed by atoms with Crippen LogP contribution in [0, 0.1) is 0 Å². The van der Waals surface area contributed by atoms with Crippen LogP contribution in [-0.2, 0) is 28.6 Å². The molecular formula is C71H116O6. The van der Waals surface area contributed by atoms with Gasteiger partial charge in [0, 0.05) is 19.3 Å². The van der Waals surface area contributed by atoms with Crippen LogP contribution in [0.3, 0.4) is 0 Å². The molecule has 0 amide bonds. The third-order valence-corrected chi connectivity index (χ3v) is 13.2. The largest absolute Gasteiger partial charge is 0.462 e. The van der Waals surface area contributed by atoms with Gasteiger partial charge < -0.3 is 14.2 Å². The van der Waals surface area contributed by atoms with Crippen molar-refractivity contribution in [1.82, 2.24) is 0 Å². The summed E-state index contributed by atoms with van der Waals surface area (Å²) in [5, 5.41) is 0. The number of rotatable bonds is 56. The lowest BCUT2D eigenvalue weighted by molar-refractivity contribution is -0.167. The van der Waals surface area contributed by atoms with E-state index in [2.05, 4.69) is 154 Å². The zero-order chi connectivity index (χ0) is 55.7. The molecule has 6 nitrogen and oxygen atoms in total. The molecule has 0 fully saturated rings. The molecule has 0 aliphatic carbocycles. The van der Waals surface area contributed by atoms with Crippen molar-refractivity contribution in [2.75, 3.05) is 13.2 Å². The first-order valence-electron chi connectivity index (χ1n) is 31.7. The van der Waals surface area contributed by atoms with Crippen molar-refractivity contribution in [1.29, 1.82) is 0 Å². The van der Waals surface area contributed by atoms with Crippen LogP contribution in [0.5, 0.6) is 0 Å². The molecule has 0 aromatic rings. The molecule has 0 rings (SSSR count). The van der Waals surface area contributed by atoms with Gasteiger partial charge in [0.25, 0.3) is 0 Å². The number of allylic oxidation sites excluding steroid dienone is 22. The zero-order valence-corrected chi connectivity index (χ0v) is 49.9. The number of unbranched alkanes of at least 4 members (excludes halogenated alkanes) is 23. The van der Waals surface area contributed by atoms with Gasteiger partial charge in [0.15, 0.2) is 6.10 Å². The second-order valence-corrected chi connectivity index (χ2v) is 20.6. The standard InChI is InChI=1S/C71H116O6/c1-4-7-10-13-15-17-19-21-23-25-27-29-31-33-34-35-36-38-39-41-43-45-47-49-51-53-55-58-61-64-70(73)76-67-68(66-75-69(72)63-60-57-12-9-6-3)77-71(74)65-62-59-56-54-52-50-48-46-44-42-40-37-32-30-28-26-24-22-20-18-16-14-11-8-5-2/h7-8,10-11,15-18,21-24,27-30,33-34,37,40,44,46,68H,4-6,9,12-14,19-20,25-26,31-32,35-36,38-39,41-43,45,47-67H2,1-3H3/b10-7-,11-8-,17-15-,18-16-,23-21-,24-22-,29-27-,30-28-,34-33-,40-37-,46-44-. The number of hydrogen-bond acceptors (Lipinski definition) is 6. The maximum absolute atomic E-state index is 12.8. The van der Waals surface area contributed by atoms with Crippen molar-refractivity contribution in [2.24, 2.45) is 0 Å². The van der Waals surface area contributed by atoms with Crippen LogP contribution in [-0.4, -0.2) is 37.2 Å². The van der Waals surface area contributed by atoms with E-state index in [1.807, 2.05) is 0 Å². The highest BCUT2D eigenvalue weighted by Crippen LogP contribution is 2.15. The first-order chi connectivity index (χ1) is 38.0. The van der Waals surface area contributed by atoms with E-state index in [0.29, 0.717) is 19.3 Å². The monoisotopic (exact) mass is 1060 g/mol. The van der Waals surface area contributed by atoms with Crippen LogP contribution in [0.15, 0.2) is 134 Å². The first-order valence-corrected chi connectivity index (χ1v) is 31.7. The Morgan fingerprint density at radius 3 is 0.792 bits per heavy atom. The predicted octanol–water partition coefficient (Wildman–Crippen LogP) is 21.8. The third kappa shape index (κ3) is 62.3. The number of carbonyl (C=O) groups excluding carboxylic acids is 3. The smallest absolute Gasteiger partial charge is 0.306 e. The second kappa shape index (κ2) is 64.1. The highest BCUT2D eigenvalue weighted by atomic mass is 16.6. The molecule has 0 saturated heterocycles. The summed E-state index contributed by atoms with van der Waals surface area (Å²) in [6.45, 7) is 6.32. The van der Waals surface area contributed by atoms with E-state index in [1.165, 1.54) is 89.9 Å². The maximum Gasteiger partial charge on any atom is 0.306 e. The van der Waals surface area contributed by atoms with E-state index in [-0.39, 0.29) is 31.1 Å². The molecular weight excluding hydrogens is 949 g/mol. The van der Waals surface area contributed by atoms with E-state index < -0.39 is 6.10 Å². The summed E-state index contributed by atoms with van der Waals surface area (Å²) >= 11 is 0. The van der Waals surface area contributed by atoms with Crippen molar-refractivity contribution in [3.05, 3.63) is 134 Å². The predicted molar refractivity (Wildman–Crippen MR) is 334 cm³/mol. The Morgan fingerprint density at radius 2 is 0.506 bits per heavy atom. The molecule has 6 heteroatoms. The van der Waals surface area contributed by atoms with Crippen LogP contribution in [0.25, 0.3) is 0 Å². The van der Waals surface area contributed by atoms with E-state index in [9.17, 15) is 14.4 Å². The average molecular weight is 1070 g/mol. The van der Waals surface area contributed by atoms with Crippen molar-refractivity contribution in [3.63, 3.8) is 0 Å². The Morgan fingerprint density at radius 1 is 0.273 bits per heavy atom. The minimum Gasteiger partial charge on any atom is -0.462 e. The SMILES string of the molecule is CC/C=C\C/C=C\C/C=C\C/C=C\C/C=C\C/C=C\CCCCCCCCC(=O)OC(COC(=O)CCCCCCC)COC(=O)CCCCCCCCCCCCCCC/C=C\C/C=C\C/C=C\C/C=C\C/C=C\CC. The van der Waals surface area contributed by atoms with Gasteiger partial charge in [0.2, 0.25) is 0 Å². The molecule has 0 aliphatic heterocycles. The Hall–Kier alpha value is -4.45. The number of carbonyl (C=O) groups is 3. The summed E-state index contributed by atoms with van der Waals surface area (Å²) in [4.78, 5) is 37.9. The lowest BCUT2D eigenvalue weighted by Gasteiger charge is -2.18. The molecule has 0 bridgehead atoms. The lowest BCUT2D eigenvalue weighted by Crippen LogP contribution is -2.30. The van der Waals surface area contributed by atoms with Crippen molar-refractivity contribution in [3.8, 4) is 0 Å². The molecule has 0 heterocycles. The fraction of sp³-hybridized carbons (Fsp3) is 0.648. The van der Waals surface area contributed by atoms with Crippen molar-refractivity contribution >= 4 is 17.9 Å². The molecule has 436 valence electrons. The Balaban J connectivity index is 4.10. The topological polar surface area (TPSA) is 78.9 Å². The van der Waals surface area contributed by atoms with Gasteiger partial charge in [-0.2, -0.15) is 0 Å². The fourth-order valence-electron chi connectivity index (χ4n) is 8.47. The normalized spacial score (nSPS) is 13.0. The van der Waals surface area contributed by atoms with Gasteiger partial charge >= 0.3 is 17.9 Å². The van der Waals surface area contributed by atoms with Crippen LogP contribution in [0.1, 0.15) is 278 Å². The molecule has 77 heavy (non-hydrogen) atoms. The van der Waals surface area contributed by atoms with Gasteiger partial charge in [-0.05, 0) is 116 Å². The summed E-state index contributed by atoms with van der Waals surface area (Å²) in [6, 6.07) is 0. The number of hydrogen-bond donors (Lipinski definition) is 0. The van der Waals surface area contributed by atoms with Crippen LogP contribution >= 0.6 is 0 Å². The fourth-order valence-corrected chi connectivity index (χ4v) is 8.47. The number of ether oxygens (including phenoxy) is 3. The van der Waals surface area contributed by atoms with Gasteiger partial charge in [-0.15, -0.1) is 0 Å². The molecule has 0 aromatic carbocycles. The van der Waals surface area contributed by atoms with Crippen LogP contribution < -0.4 is 0 Å². The summed E-state index contributed by atoms with van der Waals surface area (Å²) in [5.41, 5.74) is 0. The maximum atomic E-state index is 12.8. The second-order valence-electron chi connectivity index (χ2n) is 20.6. The van der Waals surface area contributed by atoms with E-state index in [1.54, 1.807) is 0 Å². The molecule has 0 spiro atoms. The van der Waals surface area contributed by atoms with Crippen molar-refractivity contribution in [2.45, 2.75) is 284 Å². The Kier molecular flexibility index (Phi) is 60.4. The molecule has 1 atom stereocenters. The van der Waals surface area contributed by atoms with Gasteiger partial charge in [-0.1, -0.05) is 276 Å². The molecule has 0 radical (unpaired) electrons. The molecule has 1 unspecified atom stereocenters. The number of esters is 3. The summed E-state index contributed by atoms with van der Waals surface area (Å²) in [7, 11) is 0. The molecule has 0 N–H and O–H groups in total. The third-order valence-electron chi connectivity index (χ3n) is 13.2. The van der Waals surface area contributed by atoms with E-state index in [0.717, 1.165) is 148 Å². The van der Waals surface area contributed by atoms with Gasteiger partial charge in [0.05, 0.1) is 0 Å². The minimum atomic E-state index is -0.787. The lowest BCUT2D eigenvalue weighted by atomic mass is 10.0. The zero-order valence-electron chi connectivity index (χ0n) is 49.9. The van der Waals surface area contributed by atoms with Gasteiger partial charge in [-0.25, -0.2) is 0 Å². The Bertz CT molecular complexity index is 1650. The van der Waals surface area contributed by atoms with Gasteiger partial charge in [0.1, 0.15) is 13.2 Å². The van der Waals surface area contributed by atoms with Crippen molar-refractivity contribution < 1.29 is 28.6 Å². The van der Waals surface area contributed by atoms with E-state index in [4.69, 9.17) is 14.2 Å². The van der Waals surface area contributed by atoms with Gasteiger partial charge in [-0.3, -0.25) is 14.4 Å². The Labute approximate surface area is 475 Å². The highest BCUT2D eigenvalue weighted by molar-refractivity contribution is 5.71. The molecule has 0 aliphatic rings. The van der Waals surface area contributed by atoms with E-state index >= 15 is 0 Å². The quantitative estimate of drug-likeness (QED) is 0.0261. The average Bonchev–Trinajstić information content (AvgIpc) is 3.43.